The van der Waals surface area contributed by atoms with Gasteiger partial charge in [0.05, 0.1) is 6.20 Å². The van der Waals surface area contributed by atoms with Crippen molar-refractivity contribution in [2.45, 2.75) is 71.6 Å². The number of aryl methyl sites for hydroxylation is 1. The van der Waals surface area contributed by atoms with E-state index in [0.29, 0.717) is 0 Å². The first kappa shape index (κ1) is 16.6. The monoisotopic (exact) mass is 305 g/mol. The van der Waals surface area contributed by atoms with Crippen LogP contribution in [0.15, 0.2) is 12.3 Å². The van der Waals surface area contributed by atoms with Crippen LogP contribution in [-0.4, -0.2) is 27.5 Å². The molecular formula is C17H27N3O2. The molecule has 2 heterocycles. The molecule has 5 nitrogen and oxygen atoms in total. The molecule has 1 aliphatic rings. The summed E-state index contributed by atoms with van der Waals surface area (Å²) in [6.45, 7) is 8.59. The highest BCUT2D eigenvalue weighted by Crippen LogP contribution is 2.19. The van der Waals surface area contributed by atoms with Crippen molar-refractivity contribution in [1.29, 1.82) is 0 Å². The van der Waals surface area contributed by atoms with Gasteiger partial charge in [-0.1, -0.05) is 12.2 Å². The molecule has 1 aromatic heterocycles. The summed E-state index contributed by atoms with van der Waals surface area (Å²) < 4.78 is 7.35. The molecule has 0 unspecified atom stereocenters. The van der Waals surface area contributed by atoms with Crippen molar-refractivity contribution in [2.24, 2.45) is 0 Å². The fourth-order valence-corrected chi connectivity index (χ4v) is 2.55. The number of carbonyl (C=O) groups is 1. The van der Waals surface area contributed by atoms with E-state index in [1.165, 1.54) is 24.1 Å². The Balaban J connectivity index is 1.82. The Hall–Kier alpha value is -1.78. The molecule has 5 heteroatoms. The normalized spacial score (nSPS) is 16.4. The first-order chi connectivity index (χ1) is 10.3. The number of rotatable bonds is 4. The number of hydrogen-bond donors (Lipinski definition) is 1. The molecule has 0 fully saturated rings. The summed E-state index contributed by atoms with van der Waals surface area (Å²) in [5.41, 5.74) is 2.07. The summed E-state index contributed by atoms with van der Waals surface area (Å²) in [6.07, 6.45) is 10.1. The van der Waals surface area contributed by atoms with Crippen LogP contribution in [0.3, 0.4) is 0 Å². The quantitative estimate of drug-likeness (QED) is 0.925. The van der Waals surface area contributed by atoms with Gasteiger partial charge >= 0.3 is 6.09 Å². The van der Waals surface area contributed by atoms with E-state index in [-0.39, 0.29) is 12.1 Å². The molecule has 1 N–H and O–H groups in total. The van der Waals surface area contributed by atoms with Gasteiger partial charge in [-0.2, -0.15) is 5.10 Å². The molecule has 0 spiro atoms. The number of alkyl carbamates (subject to hydrolysis) is 1. The Morgan fingerprint density at radius 2 is 2.27 bits per heavy atom. The van der Waals surface area contributed by atoms with Crippen LogP contribution in [0.25, 0.3) is 6.08 Å². The van der Waals surface area contributed by atoms with Crippen LogP contribution in [0.4, 0.5) is 4.79 Å². The Morgan fingerprint density at radius 1 is 1.50 bits per heavy atom. The van der Waals surface area contributed by atoms with Gasteiger partial charge in [-0.05, 0) is 53.4 Å². The molecule has 1 amide bonds. The van der Waals surface area contributed by atoms with Gasteiger partial charge in [0, 0.05) is 23.8 Å². The van der Waals surface area contributed by atoms with Gasteiger partial charge in [-0.3, -0.25) is 4.68 Å². The van der Waals surface area contributed by atoms with E-state index in [9.17, 15) is 4.79 Å². The SMILES string of the molecule is C[C@@H](C/C=C/c1cnn2c1CCCC2)NC(=O)OC(C)(C)C. The van der Waals surface area contributed by atoms with E-state index < -0.39 is 5.60 Å². The van der Waals surface area contributed by atoms with E-state index in [1.54, 1.807) is 0 Å². The lowest BCUT2D eigenvalue weighted by Gasteiger charge is -2.21. The summed E-state index contributed by atoms with van der Waals surface area (Å²) in [7, 11) is 0. The average Bonchev–Trinajstić information content (AvgIpc) is 2.80. The highest BCUT2D eigenvalue weighted by atomic mass is 16.6. The molecule has 2 rings (SSSR count). The predicted octanol–water partition coefficient (Wildman–Crippen LogP) is 3.54. The van der Waals surface area contributed by atoms with Crippen LogP contribution in [0, 0.1) is 0 Å². The third-order valence-corrected chi connectivity index (χ3v) is 3.56. The van der Waals surface area contributed by atoms with Gasteiger partial charge in [0.2, 0.25) is 0 Å². The number of aromatic nitrogens is 2. The Kier molecular flexibility index (Phi) is 5.27. The average molecular weight is 305 g/mol. The molecular weight excluding hydrogens is 278 g/mol. The number of amides is 1. The lowest BCUT2D eigenvalue weighted by Crippen LogP contribution is -2.37. The van der Waals surface area contributed by atoms with E-state index >= 15 is 0 Å². The number of nitrogens with zero attached hydrogens (tertiary/aromatic N) is 2. The third kappa shape index (κ3) is 4.90. The summed E-state index contributed by atoms with van der Waals surface area (Å²) in [5.74, 6) is 0. The fourth-order valence-electron chi connectivity index (χ4n) is 2.55. The Morgan fingerprint density at radius 3 is 3.00 bits per heavy atom. The standard InChI is InChI=1S/C17H27N3O2/c1-13(19-16(21)22-17(2,3)4)8-7-9-14-12-18-20-11-6-5-10-15(14)20/h7,9,12-13H,5-6,8,10-11H2,1-4H3,(H,19,21)/b9-7+/t13-/m0/s1. The van der Waals surface area contributed by atoms with Gasteiger partial charge in [0.25, 0.3) is 0 Å². The zero-order chi connectivity index (χ0) is 16.2. The Labute approximate surface area is 132 Å². The summed E-state index contributed by atoms with van der Waals surface area (Å²) in [4.78, 5) is 11.7. The van der Waals surface area contributed by atoms with Crippen LogP contribution in [0.5, 0.6) is 0 Å². The topological polar surface area (TPSA) is 56.2 Å². The Bertz CT molecular complexity index is 541. The molecule has 0 bridgehead atoms. The van der Waals surface area contributed by atoms with Crippen LogP contribution in [0.1, 0.15) is 58.2 Å². The van der Waals surface area contributed by atoms with Crippen LogP contribution in [-0.2, 0) is 17.7 Å². The number of carbonyl (C=O) groups excluding carboxylic acids is 1. The van der Waals surface area contributed by atoms with Gasteiger partial charge in [0.15, 0.2) is 0 Å². The molecule has 1 atom stereocenters. The molecule has 122 valence electrons. The summed E-state index contributed by atoms with van der Waals surface area (Å²) in [6, 6.07) is 0.0394. The van der Waals surface area contributed by atoms with Gasteiger partial charge in [-0.25, -0.2) is 4.79 Å². The lowest BCUT2D eigenvalue weighted by molar-refractivity contribution is 0.0509. The second-order valence-electron chi connectivity index (χ2n) is 6.91. The summed E-state index contributed by atoms with van der Waals surface area (Å²) in [5, 5.41) is 7.26. The second-order valence-corrected chi connectivity index (χ2v) is 6.91. The van der Waals surface area contributed by atoms with Crippen LogP contribution < -0.4 is 5.32 Å². The largest absolute Gasteiger partial charge is 0.444 e. The van der Waals surface area contributed by atoms with E-state index in [2.05, 4.69) is 27.2 Å². The number of ether oxygens (including phenoxy) is 1. The number of fused-ring (bicyclic) bond motifs is 1. The minimum absolute atomic E-state index is 0.0394. The number of nitrogens with one attached hydrogen (secondary N) is 1. The van der Waals surface area contributed by atoms with Crippen molar-refractivity contribution in [3.05, 3.63) is 23.5 Å². The molecule has 0 aliphatic carbocycles. The first-order valence-electron chi connectivity index (χ1n) is 8.06. The molecule has 0 saturated heterocycles. The zero-order valence-electron chi connectivity index (χ0n) is 14.1. The maximum absolute atomic E-state index is 11.7. The fraction of sp³-hybridized carbons (Fsp3) is 0.647. The van der Waals surface area contributed by atoms with Crippen molar-refractivity contribution >= 4 is 12.2 Å². The maximum atomic E-state index is 11.7. The minimum atomic E-state index is -0.461. The molecule has 0 saturated carbocycles. The molecule has 1 aromatic rings. The van der Waals surface area contributed by atoms with Gasteiger partial charge in [0.1, 0.15) is 5.60 Å². The second kappa shape index (κ2) is 6.99. The molecule has 0 aromatic carbocycles. The highest BCUT2D eigenvalue weighted by molar-refractivity contribution is 5.68. The maximum Gasteiger partial charge on any atom is 0.407 e. The molecule has 22 heavy (non-hydrogen) atoms. The van der Waals surface area contributed by atoms with Crippen molar-refractivity contribution in [3.63, 3.8) is 0 Å². The minimum Gasteiger partial charge on any atom is -0.444 e. The lowest BCUT2D eigenvalue weighted by atomic mass is 10.1. The van der Waals surface area contributed by atoms with Crippen molar-refractivity contribution in [2.75, 3.05) is 0 Å². The predicted molar refractivity (Wildman–Crippen MR) is 87.6 cm³/mol. The molecule has 0 radical (unpaired) electrons. The van der Waals surface area contributed by atoms with Crippen LogP contribution >= 0.6 is 0 Å². The van der Waals surface area contributed by atoms with Crippen LogP contribution in [0.2, 0.25) is 0 Å². The van der Waals surface area contributed by atoms with Crippen molar-refractivity contribution < 1.29 is 9.53 Å². The van der Waals surface area contributed by atoms with E-state index in [1.807, 2.05) is 33.9 Å². The zero-order valence-corrected chi connectivity index (χ0v) is 14.1. The molecule has 1 aliphatic heterocycles. The van der Waals surface area contributed by atoms with Crippen molar-refractivity contribution in [1.82, 2.24) is 15.1 Å². The first-order valence-corrected chi connectivity index (χ1v) is 8.06. The van der Waals surface area contributed by atoms with E-state index in [0.717, 1.165) is 19.4 Å². The third-order valence-electron chi connectivity index (χ3n) is 3.56. The van der Waals surface area contributed by atoms with Gasteiger partial charge in [-0.15, -0.1) is 0 Å². The summed E-state index contributed by atoms with van der Waals surface area (Å²) >= 11 is 0. The van der Waals surface area contributed by atoms with Crippen molar-refractivity contribution in [3.8, 4) is 0 Å². The van der Waals surface area contributed by atoms with E-state index in [4.69, 9.17) is 4.74 Å². The van der Waals surface area contributed by atoms with Gasteiger partial charge < -0.3 is 10.1 Å². The smallest absolute Gasteiger partial charge is 0.407 e. The number of hydrogen-bond acceptors (Lipinski definition) is 3. The highest BCUT2D eigenvalue weighted by Gasteiger charge is 2.17.